The highest BCUT2D eigenvalue weighted by Crippen LogP contribution is 2.37. The Morgan fingerprint density at radius 3 is 2.76 bits per heavy atom. The molecule has 0 aliphatic heterocycles. The maximum Gasteiger partial charge on any atom is 0.336 e. The number of halogens is 1. The smallest absolute Gasteiger partial charge is 0.336 e. The summed E-state index contributed by atoms with van der Waals surface area (Å²) in [5.74, 6) is -1.07. The topological polar surface area (TPSA) is 98.3 Å². The van der Waals surface area contributed by atoms with Gasteiger partial charge in [-0.2, -0.15) is 5.10 Å². The molecule has 7 nitrogen and oxygen atoms in total. The van der Waals surface area contributed by atoms with E-state index in [2.05, 4.69) is 21.0 Å². The highest BCUT2D eigenvalue weighted by Gasteiger charge is 2.25. The van der Waals surface area contributed by atoms with Gasteiger partial charge in [0.05, 0.1) is 10.5 Å². The van der Waals surface area contributed by atoms with Crippen molar-refractivity contribution in [2.24, 2.45) is 7.05 Å². The van der Waals surface area contributed by atoms with Crippen molar-refractivity contribution in [1.29, 1.82) is 0 Å². The summed E-state index contributed by atoms with van der Waals surface area (Å²) >= 11 is 4.26. The monoisotopic (exact) mass is 371 g/mol. The van der Waals surface area contributed by atoms with Crippen LogP contribution in [0.4, 0.5) is 5.69 Å². The number of carboxylic acid groups (broad SMARTS) is 1. The number of nitrogens with zero attached hydrogens (tertiary/aromatic N) is 3. The van der Waals surface area contributed by atoms with Gasteiger partial charge in [-0.05, 0) is 41.1 Å². The number of hydrogen-bond donors (Lipinski definition) is 1. The zero-order valence-electron chi connectivity index (χ0n) is 11.0. The van der Waals surface area contributed by atoms with Gasteiger partial charge < -0.3 is 5.11 Å². The van der Waals surface area contributed by atoms with Crippen molar-refractivity contribution >= 4 is 39.3 Å². The molecule has 0 spiro atoms. The van der Waals surface area contributed by atoms with Gasteiger partial charge in [0.15, 0.2) is 5.03 Å². The van der Waals surface area contributed by atoms with Crippen LogP contribution >= 0.6 is 27.7 Å². The molecule has 9 heteroatoms. The van der Waals surface area contributed by atoms with E-state index in [0.29, 0.717) is 20.1 Å². The molecule has 1 N–H and O–H groups in total. The fourth-order valence-electron chi connectivity index (χ4n) is 1.79. The molecule has 0 fully saturated rings. The first-order valence-corrected chi connectivity index (χ1v) is 7.31. The van der Waals surface area contributed by atoms with Gasteiger partial charge in [0.2, 0.25) is 0 Å². The molecule has 1 aromatic heterocycles. The molecule has 1 aromatic carbocycles. The largest absolute Gasteiger partial charge is 0.478 e. The van der Waals surface area contributed by atoms with Crippen LogP contribution in [0.1, 0.15) is 16.1 Å². The minimum absolute atomic E-state index is 0.0673. The van der Waals surface area contributed by atoms with E-state index in [1.54, 1.807) is 26.1 Å². The van der Waals surface area contributed by atoms with E-state index < -0.39 is 10.9 Å². The minimum Gasteiger partial charge on any atom is -0.478 e. The quantitative estimate of drug-likeness (QED) is 0.654. The SMILES string of the molecule is Cc1nn(C)c(Sc2ccc(Br)c(C(=O)O)c2)c1[N+](=O)[O-]. The first kappa shape index (κ1) is 15.5. The van der Waals surface area contributed by atoms with Crippen LogP contribution in [0.25, 0.3) is 0 Å². The Hall–Kier alpha value is -1.87. The van der Waals surface area contributed by atoms with Crippen molar-refractivity contribution in [2.45, 2.75) is 16.8 Å². The molecule has 0 aliphatic carbocycles. The number of rotatable bonds is 4. The second-order valence-corrected chi connectivity index (χ2v) is 6.09. The molecule has 0 atom stereocenters. The van der Waals surface area contributed by atoms with Crippen LogP contribution in [-0.2, 0) is 7.05 Å². The van der Waals surface area contributed by atoms with Crippen molar-refractivity contribution in [1.82, 2.24) is 9.78 Å². The molecule has 0 saturated carbocycles. The van der Waals surface area contributed by atoms with Gasteiger partial charge in [0, 0.05) is 16.4 Å². The van der Waals surface area contributed by atoms with Gasteiger partial charge in [0.1, 0.15) is 5.69 Å². The van der Waals surface area contributed by atoms with Crippen LogP contribution < -0.4 is 0 Å². The Kier molecular flexibility index (Phi) is 4.33. The second kappa shape index (κ2) is 5.86. The number of carboxylic acids is 1. The first-order valence-electron chi connectivity index (χ1n) is 5.70. The van der Waals surface area contributed by atoms with E-state index in [4.69, 9.17) is 5.11 Å². The standard InChI is InChI=1S/C12H10BrN3O4S/c1-6-10(16(19)20)11(15(2)14-6)21-7-3-4-9(13)8(5-7)12(17)18/h3-5H,1-2H3,(H,17,18). The van der Waals surface area contributed by atoms with Crippen LogP contribution in [0, 0.1) is 17.0 Å². The van der Waals surface area contributed by atoms with E-state index >= 15 is 0 Å². The average Bonchev–Trinajstić information content (AvgIpc) is 2.66. The summed E-state index contributed by atoms with van der Waals surface area (Å²) in [4.78, 5) is 22.3. The second-order valence-electron chi connectivity index (χ2n) is 4.17. The molecule has 0 radical (unpaired) electrons. The summed E-state index contributed by atoms with van der Waals surface area (Å²) in [5.41, 5.74) is 0.351. The van der Waals surface area contributed by atoms with Crippen molar-refractivity contribution in [3.05, 3.63) is 44.0 Å². The number of carbonyl (C=O) groups is 1. The molecular weight excluding hydrogens is 362 g/mol. The predicted octanol–water partition coefficient (Wildman–Crippen LogP) is 3.25. The molecule has 0 unspecified atom stereocenters. The van der Waals surface area contributed by atoms with Crippen LogP contribution in [0.15, 0.2) is 32.6 Å². The molecule has 2 rings (SSSR count). The van der Waals surface area contributed by atoms with Crippen LogP contribution in [-0.4, -0.2) is 25.8 Å². The summed E-state index contributed by atoms with van der Waals surface area (Å²) in [6, 6.07) is 4.75. The van der Waals surface area contributed by atoms with E-state index in [0.717, 1.165) is 11.8 Å². The zero-order valence-corrected chi connectivity index (χ0v) is 13.4. The Labute approximate surface area is 132 Å². The third kappa shape index (κ3) is 3.08. The lowest BCUT2D eigenvalue weighted by Crippen LogP contribution is -1.98. The first-order chi connectivity index (χ1) is 9.81. The normalized spacial score (nSPS) is 10.6. The van der Waals surface area contributed by atoms with Crippen molar-refractivity contribution < 1.29 is 14.8 Å². The van der Waals surface area contributed by atoms with E-state index in [9.17, 15) is 14.9 Å². The predicted molar refractivity (Wildman–Crippen MR) is 79.8 cm³/mol. The number of hydrogen-bond acceptors (Lipinski definition) is 5. The summed E-state index contributed by atoms with van der Waals surface area (Å²) in [5, 5.41) is 24.6. The number of aromatic carboxylic acids is 1. The third-order valence-corrected chi connectivity index (χ3v) is 4.54. The number of aryl methyl sites for hydroxylation is 2. The maximum absolute atomic E-state index is 11.1. The van der Waals surface area contributed by atoms with Crippen LogP contribution in [0.2, 0.25) is 0 Å². The lowest BCUT2D eigenvalue weighted by molar-refractivity contribution is -0.388. The average molecular weight is 372 g/mol. The summed E-state index contributed by atoms with van der Waals surface area (Å²) in [6.07, 6.45) is 0. The minimum atomic E-state index is -1.07. The highest BCUT2D eigenvalue weighted by molar-refractivity contribution is 9.10. The third-order valence-electron chi connectivity index (χ3n) is 2.70. The fraction of sp³-hybridized carbons (Fsp3) is 0.167. The Morgan fingerprint density at radius 2 is 2.19 bits per heavy atom. The Bertz CT molecular complexity index is 744. The number of aromatic nitrogens is 2. The van der Waals surface area contributed by atoms with Crippen molar-refractivity contribution in [3.63, 3.8) is 0 Å². The van der Waals surface area contributed by atoms with Gasteiger partial charge in [-0.15, -0.1) is 0 Å². The molecule has 110 valence electrons. The van der Waals surface area contributed by atoms with Crippen LogP contribution in [0.5, 0.6) is 0 Å². The van der Waals surface area contributed by atoms with Gasteiger partial charge in [-0.3, -0.25) is 14.8 Å². The maximum atomic E-state index is 11.1. The molecule has 21 heavy (non-hydrogen) atoms. The molecular formula is C12H10BrN3O4S. The molecule has 0 amide bonds. The molecule has 2 aromatic rings. The van der Waals surface area contributed by atoms with Crippen molar-refractivity contribution in [3.8, 4) is 0 Å². The number of benzene rings is 1. The van der Waals surface area contributed by atoms with Gasteiger partial charge in [0.25, 0.3) is 0 Å². The van der Waals surface area contributed by atoms with E-state index in [1.165, 1.54) is 10.7 Å². The van der Waals surface area contributed by atoms with Gasteiger partial charge in [-0.25, -0.2) is 4.79 Å². The molecule has 1 heterocycles. The van der Waals surface area contributed by atoms with Gasteiger partial charge in [-0.1, -0.05) is 11.8 Å². The molecule has 0 aliphatic rings. The summed E-state index contributed by atoms with van der Waals surface area (Å²) in [6.45, 7) is 1.56. The highest BCUT2D eigenvalue weighted by atomic mass is 79.9. The van der Waals surface area contributed by atoms with Crippen molar-refractivity contribution in [2.75, 3.05) is 0 Å². The Morgan fingerprint density at radius 1 is 1.52 bits per heavy atom. The lowest BCUT2D eigenvalue weighted by atomic mass is 10.2. The Balaban J connectivity index is 2.46. The summed E-state index contributed by atoms with van der Waals surface area (Å²) in [7, 11) is 1.61. The molecule has 0 bridgehead atoms. The van der Waals surface area contributed by atoms with Gasteiger partial charge >= 0.3 is 11.7 Å². The van der Waals surface area contributed by atoms with E-state index in [1.807, 2.05) is 0 Å². The fourth-order valence-corrected chi connectivity index (χ4v) is 3.24. The summed E-state index contributed by atoms with van der Waals surface area (Å²) < 4.78 is 1.87. The molecule has 0 saturated heterocycles. The van der Waals surface area contributed by atoms with Crippen LogP contribution in [0.3, 0.4) is 0 Å². The zero-order chi connectivity index (χ0) is 15.7. The lowest BCUT2D eigenvalue weighted by Gasteiger charge is -2.04. The number of nitro groups is 1. The van der Waals surface area contributed by atoms with E-state index in [-0.39, 0.29) is 11.3 Å².